The molecule has 102 valence electrons. The van der Waals surface area contributed by atoms with E-state index in [4.69, 9.17) is 9.52 Å². The Labute approximate surface area is 112 Å². The summed E-state index contributed by atoms with van der Waals surface area (Å²) in [5.74, 6) is -1.34. The Morgan fingerprint density at radius 1 is 1.47 bits per heavy atom. The fourth-order valence-corrected chi connectivity index (χ4v) is 3.32. The highest BCUT2D eigenvalue weighted by Gasteiger charge is 2.24. The molecule has 2 N–H and O–H groups in total. The van der Waals surface area contributed by atoms with Crippen molar-refractivity contribution >= 4 is 32.7 Å². The van der Waals surface area contributed by atoms with Crippen LogP contribution in [0.5, 0.6) is 0 Å². The molecule has 2 heterocycles. The first-order valence-electron chi connectivity index (χ1n) is 4.96. The molecule has 0 amide bonds. The SMILES string of the molecule is Cc1nsc(NS(=O)(=O)c2cc(C(=O)O)oc2C)n1. The van der Waals surface area contributed by atoms with E-state index >= 15 is 0 Å². The number of aromatic carboxylic acids is 1. The van der Waals surface area contributed by atoms with E-state index in [2.05, 4.69) is 14.1 Å². The van der Waals surface area contributed by atoms with Crippen LogP contribution < -0.4 is 4.72 Å². The van der Waals surface area contributed by atoms with E-state index in [1.807, 2.05) is 0 Å². The molecule has 8 nitrogen and oxygen atoms in total. The molecule has 0 unspecified atom stereocenters. The molecule has 0 atom stereocenters. The van der Waals surface area contributed by atoms with Crippen molar-refractivity contribution in [3.63, 3.8) is 0 Å². The molecule has 0 bridgehead atoms. The molecular weight excluding hydrogens is 294 g/mol. The Hall–Kier alpha value is -1.94. The maximum absolute atomic E-state index is 12.0. The molecular formula is C9H9N3O5S2. The Morgan fingerprint density at radius 3 is 2.63 bits per heavy atom. The third-order valence-corrected chi connectivity index (χ3v) is 4.42. The number of nitrogens with one attached hydrogen (secondary N) is 1. The zero-order valence-electron chi connectivity index (χ0n) is 9.87. The quantitative estimate of drug-likeness (QED) is 0.871. The van der Waals surface area contributed by atoms with Crippen molar-refractivity contribution in [2.45, 2.75) is 18.7 Å². The molecule has 0 saturated carbocycles. The van der Waals surface area contributed by atoms with Crippen molar-refractivity contribution in [2.75, 3.05) is 4.72 Å². The summed E-state index contributed by atoms with van der Waals surface area (Å²) in [7, 11) is -3.94. The zero-order chi connectivity index (χ0) is 14.2. The van der Waals surface area contributed by atoms with E-state index in [1.54, 1.807) is 6.92 Å². The molecule has 2 aromatic rings. The van der Waals surface area contributed by atoms with E-state index in [0.29, 0.717) is 5.82 Å². The van der Waals surface area contributed by atoms with Crippen LogP contribution in [0.15, 0.2) is 15.4 Å². The highest BCUT2D eigenvalue weighted by atomic mass is 32.2. The number of aromatic nitrogens is 2. The van der Waals surface area contributed by atoms with Crippen molar-refractivity contribution in [3.05, 3.63) is 23.4 Å². The summed E-state index contributed by atoms with van der Waals surface area (Å²) in [5, 5.41) is 8.86. The van der Waals surface area contributed by atoms with Gasteiger partial charge >= 0.3 is 5.97 Å². The first-order chi connectivity index (χ1) is 8.79. The van der Waals surface area contributed by atoms with Gasteiger partial charge in [-0.15, -0.1) is 0 Å². The molecule has 0 saturated heterocycles. The number of anilines is 1. The minimum Gasteiger partial charge on any atom is -0.475 e. The van der Waals surface area contributed by atoms with Crippen LogP contribution in [0.2, 0.25) is 0 Å². The van der Waals surface area contributed by atoms with Gasteiger partial charge in [0.25, 0.3) is 10.0 Å². The standard InChI is InChI=1S/C9H9N3O5S2/c1-4-7(3-6(17-4)8(13)14)19(15,16)12-9-10-5(2)11-18-9/h3H,1-2H3,(H,13,14)(H,10,11,12). The first-order valence-corrected chi connectivity index (χ1v) is 7.22. The number of hydrogen-bond donors (Lipinski definition) is 2. The van der Waals surface area contributed by atoms with Gasteiger partial charge in [-0.3, -0.25) is 4.72 Å². The number of sulfonamides is 1. The van der Waals surface area contributed by atoms with Crippen LogP contribution in [0.25, 0.3) is 0 Å². The molecule has 2 rings (SSSR count). The van der Waals surface area contributed by atoms with Crippen molar-refractivity contribution in [2.24, 2.45) is 0 Å². The van der Waals surface area contributed by atoms with E-state index in [9.17, 15) is 13.2 Å². The van der Waals surface area contributed by atoms with Crippen molar-refractivity contribution in [3.8, 4) is 0 Å². The topological polar surface area (TPSA) is 122 Å². The van der Waals surface area contributed by atoms with Crippen molar-refractivity contribution < 1.29 is 22.7 Å². The van der Waals surface area contributed by atoms with Crippen LogP contribution >= 0.6 is 11.5 Å². The molecule has 0 aliphatic rings. The smallest absolute Gasteiger partial charge is 0.371 e. The van der Waals surface area contributed by atoms with Gasteiger partial charge < -0.3 is 9.52 Å². The van der Waals surface area contributed by atoms with Gasteiger partial charge in [0.05, 0.1) is 0 Å². The van der Waals surface area contributed by atoms with E-state index in [1.165, 1.54) is 6.92 Å². The van der Waals surface area contributed by atoms with Gasteiger partial charge in [-0.05, 0) is 13.8 Å². The number of hydrogen-bond acceptors (Lipinski definition) is 7. The second-order valence-electron chi connectivity index (χ2n) is 3.59. The molecule has 0 aromatic carbocycles. The van der Waals surface area contributed by atoms with E-state index < -0.39 is 21.8 Å². The first kappa shape index (κ1) is 13.5. The average molecular weight is 303 g/mol. The minimum absolute atomic E-state index is 0.00821. The van der Waals surface area contributed by atoms with Gasteiger partial charge in [-0.2, -0.15) is 4.37 Å². The van der Waals surface area contributed by atoms with Crippen molar-refractivity contribution in [1.82, 2.24) is 9.36 Å². The van der Waals surface area contributed by atoms with Crippen LogP contribution in [-0.4, -0.2) is 28.9 Å². The predicted octanol–water partition coefficient (Wildman–Crippen LogP) is 1.25. The summed E-state index contributed by atoms with van der Waals surface area (Å²) in [6.45, 7) is 2.99. The summed E-state index contributed by atoms with van der Waals surface area (Å²) in [5.41, 5.74) is 0. The third kappa shape index (κ3) is 2.74. The Kier molecular flexibility index (Phi) is 3.28. The molecule has 19 heavy (non-hydrogen) atoms. The predicted molar refractivity (Wildman–Crippen MR) is 65.9 cm³/mol. The van der Waals surface area contributed by atoms with Gasteiger partial charge in [0.15, 0.2) is 0 Å². The second kappa shape index (κ2) is 4.63. The lowest BCUT2D eigenvalue weighted by molar-refractivity contribution is 0.0661. The van der Waals surface area contributed by atoms with Crippen LogP contribution in [0, 0.1) is 13.8 Å². The number of rotatable bonds is 4. The van der Waals surface area contributed by atoms with Gasteiger partial charge in [-0.1, -0.05) is 0 Å². The lowest BCUT2D eigenvalue weighted by Gasteiger charge is -2.02. The second-order valence-corrected chi connectivity index (χ2v) is 5.99. The number of aryl methyl sites for hydroxylation is 2. The summed E-state index contributed by atoms with van der Waals surface area (Å²) >= 11 is 0.892. The van der Waals surface area contributed by atoms with Crippen molar-refractivity contribution in [1.29, 1.82) is 0 Å². The fourth-order valence-electron chi connectivity index (χ4n) is 1.35. The number of furan rings is 1. The average Bonchev–Trinajstić information content (AvgIpc) is 2.85. The van der Waals surface area contributed by atoms with Crippen LogP contribution in [0.1, 0.15) is 22.1 Å². The van der Waals surface area contributed by atoms with E-state index in [-0.39, 0.29) is 15.8 Å². The molecule has 0 aliphatic carbocycles. The Balaban J connectivity index is 2.37. The number of carbonyl (C=O) groups is 1. The van der Waals surface area contributed by atoms with Gasteiger partial charge in [0.1, 0.15) is 16.5 Å². The number of carboxylic acid groups (broad SMARTS) is 1. The molecule has 0 fully saturated rings. The molecule has 0 radical (unpaired) electrons. The number of carboxylic acids is 1. The summed E-state index contributed by atoms with van der Waals surface area (Å²) < 4.78 is 35.0. The van der Waals surface area contributed by atoms with Gasteiger partial charge in [0, 0.05) is 17.6 Å². The summed E-state index contributed by atoms with van der Waals surface area (Å²) in [4.78, 5) is 14.4. The van der Waals surface area contributed by atoms with Crippen LogP contribution in [0.4, 0.5) is 5.13 Å². The maximum Gasteiger partial charge on any atom is 0.371 e. The maximum atomic E-state index is 12.0. The number of nitrogens with zero attached hydrogens (tertiary/aromatic N) is 2. The molecule has 0 spiro atoms. The van der Waals surface area contributed by atoms with Crippen LogP contribution in [-0.2, 0) is 10.0 Å². The van der Waals surface area contributed by atoms with Gasteiger partial charge in [0.2, 0.25) is 10.9 Å². The van der Waals surface area contributed by atoms with Crippen LogP contribution in [0.3, 0.4) is 0 Å². The highest BCUT2D eigenvalue weighted by molar-refractivity contribution is 7.93. The normalized spacial score (nSPS) is 11.5. The Morgan fingerprint density at radius 2 is 2.16 bits per heavy atom. The van der Waals surface area contributed by atoms with E-state index in [0.717, 1.165) is 17.6 Å². The highest BCUT2D eigenvalue weighted by Crippen LogP contribution is 2.23. The summed E-state index contributed by atoms with van der Waals surface area (Å²) in [6, 6.07) is 0.952. The largest absolute Gasteiger partial charge is 0.475 e. The lowest BCUT2D eigenvalue weighted by atomic mass is 10.4. The Bertz CT molecular complexity index is 731. The molecule has 0 aliphatic heterocycles. The lowest BCUT2D eigenvalue weighted by Crippen LogP contribution is -2.13. The third-order valence-electron chi connectivity index (χ3n) is 2.12. The molecule has 10 heteroatoms. The van der Waals surface area contributed by atoms with Gasteiger partial charge in [-0.25, -0.2) is 18.2 Å². The minimum atomic E-state index is -3.94. The summed E-state index contributed by atoms with van der Waals surface area (Å²) in [6.07, 6.45) is 0. The zero-order valence-corrected chi connectivity index (χ0v) is 11.5. The molecule has 2 aromatic heterocycles. The fraction of sp³-hybridized carbons (Fsp3) is 0.222. The monoisotopic (exact) mass is 303 g/mol.